The largest absolute Gasteiger partial charge is 0.364 e. The summed E-state index contributed by atoms with van der Waals surface area (Å²) in [5.74, 6) is -0.856. The number of nitrogens with zero attached hydrogens (tertiary/aromatic N) is 5. The van der Waals surface area contributed by atoms with Gasteiger partial charge in [0.05, 0.1) is 11.6 Å². The van der Waals surface area contributed by atoms with Crippen LogP contribution < -0.4 is 10.5 Å². The van der Waals surface area contributed by atoms with Gasteiger partial charge < -0.3 is 9.47 Å². The molecule has 0 saturated carbocycles. The zero-order valence-corrected chi connectivity index (χ0v) is 21.8. The predicted molar refractivity (Wildman–Crippen MR) is 145 cm³/mol. The summed E-state index contributed by atoms with van der Waals surface area (Å²) >= 11 is 12.3. The second-order valence-electron chi connectivity index (χ2n) is 9.24. The topological polar surface area (TPSA) is 65.2 Å². The molecule has 4 aromatic rings. The molecule has 0 bridgehead atoms. The highest BCUT2D eigenvalue weighted by Crippen LogP contribution is 2.35. The first-order chi connectivity index (χ1) is 17.8. The van der Waals surface area contributed by atoms with Crippen LogP contribution in [0, 0.1) is 17.1 Å². The SMILES string of the molecule is C[C@@H]1CN(c2c(F)c(=O)n(C)c3ccc(C#N)nc23)CCN1C(c1ccc(Cl)cc1)c1ccc(Cl)cc1. The molecule has 5 rings (SSSR count). The van der Waals surface area contributed by atoms with Crippen LogP contribution in [0.15, 0.2) is 65.5 Å². The van der Waals surface area contributed by atoms with E-state index in [1.165, 1.54) is 17.7 Å². The van der Waals surface area contributed by atoms with E-state index in [9.17, 15) is 10.1 Å². The van der Waals surface area contributed by atoms with Crippen molar-refractivity contribution in [3.8, 4) is 6.07 Å². The normalized spacial score (nSPS) is 16.4. The molecule has 2 aromatic heterocycles. The summed E-state index contributed by atoms with van der Waals surface area (Å²) in [6, 6.07) is 20.7. The molecular formula is C28H24Cl2FN5O. The van der Waals surface area contributed by atoms with Crippen molar-refractivity contribution in [2.75, 3.05) is 24.5 Å². The fourth-order valence-electron chi connectivity index (χ4n) is 5.13. The molecule has 9 heteroatoms. The van der Waals surface area contributed by atoms with E-state index in [1.54, 1.807) is 6.07 Å². The van der Waals surface area contributed by atoms with Crippen molar-refractivity contribution < 1.29 is 4.39 Å². The fraction of sp³-hybridized carbons (Fsp3) is 0.250. The third kappa shape index (κ3) is 4.69. The number of hydrogen-bond donors (Lipinski definition) is 0. The number of benzene rings is 2. The molecule has 188 valence electrons. The molecule has 1 fully saturated rings. The van der Waals surface area contributed by atoms with Crippen molar-refractivity contribution in [1.82, 2.24) is 14.5 Å². The minimum absolute atomic E-state index is 0.0113. The van der Waals surface area contributed by atoms with Gasteiger partial charge in [-0.1, -0.05) is 47.5 Å². The zero-order chi connectivity index (χ0) is 26.3. The number of aromatic nitrogens is 2. The molecule has 0 unspecified atom stereocenters. The molecule has 2 aromatic carbocycles. The van der Waals surface area contributed by atoms with Crippen LogP contribution in [0.5, 0.6) is 0 Å². The number of halogens is 3. The summed E-state index contributed by atoms with van der Waals surface area (Å²) in [5, 5.41) is 10.7. The standard InChI is InChI=1S/C28H24Cl2FN5O/c1-17-16-35(27-24(31)28(37)34(2)23-12-11-22(15-32)33-25(23)27)13-14-36(17)26(18-3-7-20(29)8-4-18)19-5-9-21(30)10-6-19/h3-12,17,26H,13-14,16H2,1-2H3/t17-/m1/s1. The van der Waals surface area contributed by atoms with Crippen LogP contribution in [-0.2, 0) is 7.05 Å². The molecule has 1 aliphatic rings. The van der Waals surface area contributed by atoms with Crippen molar-refractivity contribution in [3.05, 3.63) is 104 Å². The highest BCUT2D eigenvalue weighted by molar-refractivity contribution is 6.30. The predicted octanol–water partition coefficient (Wildman–Crippen LogP) is 5.55. The Morgan fingerprint density at radius 3 is 2.14 bits per heavy atom. The fourth-order valence-corrected chi connectivity index (χ4v) is 5.39. The summed E-state index contributed by atoms with van der Waals surface area (Å²) < 4.78 is 16.7. The number of nitriles is 1. The van der Waals surface area contributed by atoms with Crippen molar-refractivity contribution >= 4 is 39.9 Å². The zero-order valence-electron chi connectivity index (χ0n) is 20.3. The molecule has 0 N–H and O–H groups in total. The van der Waals surface area contributed by atoms with E-state index in [1.807, 2.05) is 59.5 Å². The molecule has 1 atom stereocenters. The summed E-state index contributed by atoms with van der Waals surface area (Å²) in [6.45, 7) is 3.63. The molecule has 0 amide bonds. The maximum Gasteiger partial charge on any atom is 0.289 e. The van der Waals surface area contributed by atoms with Crippen LogP contribution in [0.25, 0.3) is 11.0 Å². The van der Waals surface area contributed by atoms with E-state index in [0.29, 0.717) is 40.7 Å². The van der Waals surface area contributed by atoms with Gasteiger partial charge in [0.2, 0.25) is 5.82 Å². The molecule has 37 heavy (non-hydrogen) atoms. The average molecular weight is 536 g/mol. The van der Waals surface area contributed by atoms with Gasteiger partial charge in [-0.2, -0.15) is 9.65 Å². The van der Waals surface area contributed by atoms with Crippen LogP contribution in [0.1, 0.15) is 29.8 Å². The first-order valence-corrected chi connectivity index (χ1v) is 12.6. The Hall–Kier alpha value is -3.44. The second kappa shape index (κ2) is 10.1. The maximum absolute atomic E-state index is 15.5. The van der Waals surface area contributed by atoms with Gasteiger partial charge in [0.15, 0.2) is 0 Å². The lowest BCUT2D eigenvalue weighted by atomic mass is 9.94. The third-order valence-electron chi connectivity index (χ3n) is 6.97. The van der Waals surface area contributed by atoms with Crippen LogP contribution in [0.3, 0.4) is 0 Å². The number of piperazine rings is 1. The van der Waals surface area contributed by atoms with Crippen LogP contribution >= 0.6 is 23.2 Å². The average Bonchev–Trinajstić information content (AvgIpc) is 2.90. The van der Waals surface area contributed by atoms with E-state index >= 15 is 4.39 Å². The number of rotatable bonds is 4. The van der Waals surface area contributed by atoms with Gasteiger partial charge in [0.1, 0.15) is 23.0 Å². The summed E-state index contributed by atoms with van der Waals surface area (Å²) in [6.07, 6.45) is 0. The van der Waals surface area contributed by atoms with Gasteiger partial charge in [0, 0.05) is 42.8 Å². The van der Waals surface area contributed by atoms with Crippen LogP contribution in [0.2, 0.25) is 10.0 Å². The summed E-state index contributed by atoms with van der Waals surface area (Å²) in [7, 11) is 1.51. The van der Waals surface area contributed by atoms with E-state index < -0.39 is 11.4 Å². The van der Waals surface area contributed by atoms with Gasteiger partial charge in [-0.25, -0.2) is 4.98 Å². The molecular weight excluding hydrogens is 512 g/mol. The van der Waals surface area contributed by atoms with Crippen LogP contribution in [-0.4, -0.2) is 40.1 Å². The van der Waals surface area contributed by atoms with E-state index in [2.05, 4.69) is 16.8 Å². The molecule has 0 aliphatic carbocycles. The Bertz CT molecular complexity index is 1520. The molecule has 3 heterocycles. The van der Waals surface area contributed by atoms with Gasteiger partial charge in [-0.15, -0.1) is 0 Å². The quantitative estimate of drug-likeness (QED) is 0.342. The minimum Gasteiger partial charge on any atom is -0.364 e. The Kier molecular flexibility index (Phi) is 6.91. The van der Waals surface area contributed by atoms with E-state index in [4.69, 9.17) is 23.2 Å². The molecule has 1 aliphatic heterocycles. The van der Waals surface area contributed by atoms with Crippen molar-refractivity contribution in [2.45, 2.75) is 19.0 Å². The van der Waals surface area contributed by atoms with Crippen molar-refractivity contribution in [1.29, 1.82) is 5.26 Å². The van der Waals surface area contributed by atoms with Crippen molar-refractivity contribution in [3.63, 3.8) is 0 Å². The molecule has 0 radical (unpaired) electrons. The third-order valence-corrected chi connectivity index (χ3v) is 7.48. The minimum atomic E-state index is -0.856. The summed E-state index contributed by atoms with van der Waals surface area (Å²) in [5.41, 5.74) is 2.56. The smallest absolute Gasteiger partial charge is 0.289 e. The molecule has 0 spiro atoms. The van der Waals surface area contributed by atoms with Gasteiger partial charge in [-0.3, -0.25) is 9.69 Å². The van der Waals surface area contributed by atoms with Gasteiger partial charge in [0.25, 0.3) is 5.56 Å². The Balaban J connectivity index is 1.54. The number of pyridine rings is 2. The summed E-state index contributed by atoms with van der Waals surface area (Å²) in [4.78, 5) is 21.3. The first-order valence-electron chi connectivity index (χ1n) is 11.9. The van der Waals surface area contributed by atoms with Gasteiger partial charge >= 0.3 is 0 Å². The lowest BCUT2D eigenvalue weighted by Crippen LogP contribution is -2.53. The maximum atomic E-state index is 15.5. The number of anilines is 1. The molecule has 1 saturated heterocycles. The van der Waals surface area contributed by atoms with E-state index in [-0.39, 0.29) is 23.5 Å². The lowest BCUT2D eigenvalue weighted by Gasteiger charge is -2.45. The molecule has 6 nitrogen and oxygen atoms in total. The number of aryl methyl sites for hydroxylation is 1. The monoisotopic (exact) mass is 535 g/mol. The van der Waals surface area contributed by atoms with Crippen molar-refractivity contribution in [2.24, 2.45) is 7.05 Å². The number of fused-ring (bicyclic) bond motifs is 1. The first kappa shape index (κ1) is 25.2. The Morgan fingerprint density at radius 1 is 1.00 bits per heavy atom. The van der Waals surface area contributed by atoms with E-state index in [0.717, 1.165) is 11.1 Å². The Morgan fingerprint density at radius 2 is 1.59 bits per heavy atom. The second-order valence-corrected chi connectivity index (χ2v) is 10.1. The lowest BCUT2D eigenvalue weighted by molar-refractivity contribution is 0.150. The highest BCUT2D eigenvalue weighted by Gasteiger charge is 2.34. The number of hydrogen-bond acceptors (Lipinski definition) is 5. The Labute approximate surface area is 224 Å². The highest BCUT2D eigenvalue weighted by atomic mass is 35.5. The van der Waals surface area contributed by atoms with Crippen LogP contribution in [0.4, 0.5) is 10.1 Å². The van der Waals surface area contributed by atoms with Gasteiger partial charge in [-0.05, 0) is 54.4 Å².